The van der Waals surface area contributed by atoms with Crippen LogP contribution >= 0.6 is 0 Å². The monoisotopic (exact) mass is 248 g/mol. The van der Waals surface area contributed by atoms with Crippen molar-refractivity contribution in [1.82, 2.24) is 4.98 Å². The number of aromatic nitrogens is 1. The number of pyridine rings is 1. The molecule has 0 aromatic carbocycles. The molecule has 0 radical (unpaired) electrons. The summed E-state index contributed by atoms with van der Waals surface area (Å²) in [6, 6.07) is 2.11. The fourth-order valence-electron chi connectivity index (χ4n) is 0.822. The Hall–Kier alpha value is -1.70. The molecule has 0 aliphatic carbocycles. The van der Waals surface area contributed by atoms with E-state index in [9.17, 15) is 17.6 Å². The van der Waals surface area contributed by atoms with Crippen molar-refractivity contribution in [2.45, 2.75) is 12.2 Å². The van der Waals surface area contributed by atoms with Crippen LogP contribution in [0.3, 0.4) is 0 Å². The maximum Gasteiger partial charge on any atom is 0.323 e. The number of aliphatic carboxylic acids is 1. The first-order chi connectivity index (χ1) is 7.33. The van der Waals surface area contributed by atoms with Crippen LogP contribution in [0.5, 0.6) is 0 Å². The lowest BCUT2D eigenvalue weighted by molar-refractivity contribution is -0.136. The molecule has 1 heterocycles. The van der Waals surface area contributed by atoms with E-state index in [1.165, 1.54) is 0 Å². The normalized spacial score (nSPS) is 13.1. The van der Waals surface area contributed by atoms with Crippen LogP contribution in [0.15, 0.2) is 18.3 Å². The predicted molar refractivity (Wildman–Crippen MR) is 53.8 cm³/mol. The Morgan fingerprint density at radius 1 is 1.56 bits per heavy atom. The second-order valence-electron chi connectivity index (χ2n) is 3.00. The largest absolute Gasteiger partial charge is 0.480 e. The number of anilines is 1. The highest BCUT2D eigenvalue weighted by molar-refractivity contribution is 7.94. The van der Waals surface area contributed by atoms with Crippen LogP contribution in [-0.2, 0) is 14.8 Å². The van der Waals surface area contributed by atoms with E-state index < -0.39 is 27.2 Å². The predicted octanol–water partition coefficient (Wildman–Crippen LogP) is 0.435. The van der Waals surface area contributed by atoms with E-state index in [1.54, 1.807) is 0 Å². The van der Waals surface area contributed by atoms with Crippen LogP contribution in [0.25, 0.3) is 0 Å². The summed E-state index contributed by atoms with van der Waals surface area (Å²) in [7, 11) is -4.04. The Balaban J connectivity index is 2.89. The summed E-state index contributed by atoms with van der Waals surface area (Å²) in [5.41, 5.74) is 0.00880. The third-order valence-electron chi connectivity index (χ3n) is 1.80. The summed E-state index contributed by atoms with van der Waals surface area (Å²) < 4.78 is 37.2. The summed E-state index contributed by atoms with van der Waals surface area (Å²) in [5.74, 6) is -2.23. The molecule has 0 aliphatic heterocycles. The molecule has 1 aromatic rings. The van der Waals surface area contributed by atoms with Gasteiger partial charge in [-0.1, -0.05) is 0 Å². The van der Waals surface area contributed by atoms with E-state index >= 15 is 0 Å². The highest BCUT2D eigenvalue weighted by atomic mass is 32.2. The van der Waals surface area contributed by atoms with Gasteiger partial charge in [-0.05, 0) is 19.1 Å². The van der Waals surface area contributed by atoms with Crippen LogP contribution in [0, 0.1) is 5.95 Å². The second kappa shape index (κ2) is 4.44. The van der Waals surface area contributed by atoms with Crippen molar-refractivity contribution in [2.75, 3.05) is 4.72 Å². The van der Waals surface area contributed by atoms with Gasteiger partial charge in [0.2, 0.25) is 16.0 Å². The molecule has 0 saturated carbocycles. The third kappa shape index (κ3) is 2.89. The second-order valence-corrected chi connectivity index (χ2v) is 5.00. The van der Waals surface area contributed by atoms with Crippen LogP contribution < -0.4 is 4.72 Å². The van der Waals surface area contributed by atoms with Crippen molar-refractivity contribution in [3.8, 4) is 0 Å². The maximum atomic E-state index is 12.4. The first-order valence-electron chi connectivity index (χ1n) is 4.19. The molecule has 0 bridgehead atoms. The van der Waals surface area contributed by atoms with Crippen molar-refractivity contribution >= 4 is 21.7 Å². The Labute approximate surface area is 91.2 Å². The average molecular weight is 248 g/mol. The molecule has 1 atom stereocenters. The Morgan fingerprint density at radius 3 is 2.62 bits per heavy atom. The molecule has 0 saturated heterocycles. The summed E-state index contributed by atoms with van der Waals surface area (Å²) in [4.78, 5) is 13.7. The number of hydrogen-bond acceptors (Lipinski definition) is 4. The molecule has 1 rings (SSSR count). The SMILES string of the molecule is CC(C(=O)O)S(=O)(=O)Nc1ccc(F)nc1. The van der Waals surface area contributed by atoms with Gasteiger partial charge in [-0.3, -0.25) is 9.52 Å². The molecule has 6 nitrogen and oxygen atoms in total. The van der Waals surface area contributed by atoms with Crippen molar-refractivity contribution in [2.24, 2.45) is 0 Å². The van der Waals surface area contributed by atoms with E-state index in [1.807, 2.05) is 4.72 Å². The van der Waals surface area contributed by atoms with Crippen molar-refractivity contribution < 1.29 is 22.7 Å². The number of sulfonamides is 1. The lowest BCUT2D eigenvalue weighted by Crippen LogP contribution is -2.32. The van der Waals surface area contributed by atoms with E-state index in [2.05, 4.69) is 4.98 Å². The van der Waals surface area contributed by atoms with Crippen molar-refractivity contribution in [1.29, 1.82) is 0 Å². The molecule has 0 fully saturated rings. The van der Waals surface area contributed by atoms with E-state index in [0.29, 0.717) is 0 Å². The van der Waals surface area contributed by atoms with Gasteiger partial charge in [0.05, 0.1) is 11.9 Å². The smallest absolute Gasteiger partial charge is 0.323 e. The summed E-state index contributed by atoms with van der Waals surface area (Å²) in [5, 5.41) is 6.95. The number of nitrogens with zero attached hydrogens (tertiary/aromatic N) is 1. The van der Waals surface area contributed by atoms with Crippen molar-refractivity contribution in [3.63, 3.8) is 0 Å². The van der Waals surface area contributed by atoms with Gasteiger partial charge >= 0.3 is 5.97 Å². The molecule has 16 heavy (non-hydrogen) atoms. The molecule has 0 amide bonds. The van der Waals surface area contributed by atoms with Crippen LogP contribution in [-0.4, -0.2) is 29.7 Å². The third-order valence-corrected chi connectivity index (χ3v) is 3.45. The molecule has 0 spiro atoms. The average Bonchev–Trinajstić information content (AvgIpc) is 2.20. The molecule has 1 aromatic heterocycles. The first-order valence-corrected chi connectivity index (χ1v) is 5.73. The number of halogens is 1. The molecule has 1 unspecified atom stereocenters. The number of carboxylic acid groups (broad SMARTS) is 1. The molecule has 88 valence electrons. The van der Waals surface area contributed by atoms with Crippen LogP contribution in [0.2, 0.25) is 0 Å². The fourth-order valence-corrected chi connectivity index (χ4v) is 1.71. The standard InChI is InChI=1S/C8H9FN2O4S/c1-5(8(12)13)16(14,15)11-6-2-3-7(9)10-4-6/h2-5,11H,1H3,(H,12,13). The van der Waals surface area contributed by atoms with Gasteiger partial charge in [0.25, 0.3) is 0 Å². The van der Waals surface area contributed by atoms with Gasteiger partial charge in [-0.25, -0.2) is 13.4 Å². The Morgan fingerprint density at radius 2 is 2.19 bits per heavy atom. The van der Waals surface area contributed by atoms with Gasteiger partial charge in [0, 0.05) is 0 Å². The van der Waals surface area contributed by atoms with E-state index in [-0.39, 0.29) is 5.69 Å². The minimum Gasteiger partial charge on any atom is -0.480 e. The lowest BCUT2D eigenvalue weighted by atomic mass is 10.4. The van der Waals surface area contributed by atoms with Gasteiger partial charge in [-0.15, -0.1) is 0 Å². The summed E-state index contributed by atoms with van der Waals surface area (Å²) in [6.45, 7) is 1.03. The number of carbonyl (C=O) groups is 1. The summed E-state index contributed by atoms with van der Waals surface area (Å²) >= 11 is 0. The zero-order valence-electron chi connectivity index (χ0n) is 8.21. The topological polar surface area (TPSA) is 96.4 Å². The van der Waals surface area contributed by atoms with Crippen LogP contribution in [0.1, 0.15) is 6.92 Å². The lowest BCUT2D eigenvalue weighted by Gasteiger charge is -2.10. The highest BCUT2D eigenvalue weighted by Crippen LogP contribution is 2.11. The maximum absolute atomic E-state index is 12.4. The highest BCUT2D eigenvalue weighted by Gasteiger charge is 2.27. The molecule has 8 heteroatoms. The summed E-state index contributed by atoms with van der Waals surface area (Å²) in [6.07, 6.45) is 0.960. The zero-order valence-corrected chi connectivity index (χ0v) is 9.03. The molecule has 0 aliphatic rings. The van der Waals surface area contributed by atoms with Gasteiger partial charge in [0.1, 0.15) is 0 Å². The first kappa shape index (κ1) is 12.4. The number of hydrogen-bond donors (Lipinski definition) is 2. The minimum absolute atomic E-state index is 0.00880. The number of carboxylic acids is 1. The van der Waals surface area contributed by atoms with E-state index in [0.717, 1.165) is 25.3 Å². The van der Waals surface area contributed by atoms with E-state index in [4.69, 9.17) is 5.11 Å². The molecular weight excluding hydrogens is 239 g/mol. The molecule has 2 N–H and O–H groups in total. The van der Waals surface area contributed by atoms with Gasteiger partial charge in [-0.2, -0.15) is 4.39 Å². The minimum atomic E-state index is -4.04. The Kier molecular flexibility index (Phi) is 3.43. The van der Waals surface area contributed by atoms with Crippen LogP contribution in [0.4, 0.5) is 10.1 Å². The quantitative estimate of drug-likeness (QED) is 0.753. The number of nitrogens with one attached hydrogen (secondary N) is 1. The molecular formula is C8H9FN2O4S. The zero-order chi connectivity index (χ0) is 12.3. The Bertz CT molecular complexity index is 485. The van der Waals surface area contributed by atoms with Crippen molar-refractivity contribution in [3.05, 3.63) is 24.3 Å². The fraction of sp³-hybridized carbons (Fsp3) is 0.250. The van der Waals surface area contributed by atoms with Gasteiger partial charge in [0.15, 0.2) is 5.25 Å². The van der Waals surface area contributed by atoms with Gasteiger partial charge < -0.3 is 5.11 Å². The number of rotatable bonds is 4.